The number of thiazole rings is 1. The lowest BCUT2D eigenvalue weighted by atomic mass is 10.1. The molecule has 2 rings (SSSR count). The number of nitrogens with zero attached hydrogens (tertiary/aromatic N) is 2. The Labute approximate surface area is 200 Å². The number of nitrogens with one attached hydrogen (secondary N) is 2. The van der Waals surface area contributed by atoms with E-state index in [9.17, 15) is 13.2 Å². The number of methoxy groups -OCH3 is 3. The number of ether oxygens (including phenoxy) is 3. The third-order valence-electron chi connectivity index (χ3n) is 4.17. The number of aliphatic imine (C=N–C) groups is 1. The van der Waals surface area contributed by atoms with Gasteiger partial charge in [0, 0.05) is 37.5 Å². The van der Waals surface area contributed by atoms with Crippen molar-refractivity contribution < 1.29 is 27.4 Å². The maximum absolute atomic E-state index is 12.6. The van der Waals surface area contributed by atoms with Crippen LogP contribution in [0.5, 0.6) is 17.2 Å². The molecule has 0 fully saturated rings. The van der Waals surface area contributed by atoms with Crippen molar-refractivity contribution in [3.8, 4) is 17.2 Å². The molecule has 0 aliphatic rings. The van der Waals surface area contributed by atoms with Crippen LogP contribution in [0.1, 0.15) is 16.3 Å². The molecule has 12 heteroatoms. The van der Waals surface area contributed by atoms with Crippen LogP contribution < -0.4 is 24.8 Å². The molecule has 0 unspecified atom stereocenters. The summed E-state index contributed by atoms with van der Waals surface area (Å²) >= 11 is 0.994. The van der Waals surface area contributed by atoms with Gasteiger partial charge < -0.3 is 24.8 Å². The fourth-order valence-electron chi connectivity index (χ4n) is 2.74. The molecule has 0 spiro atoms. The van der Waals surface area contributed by atoms with Crippen LogP contribution in [0.2, 0.25) is 0 Å². The van der Waals surface area contributed by atoms with Gasteiger partial charge in [0.15, 0.2) is 23.2 Å². The zero-order valence-corrected chi connectivity index (χ0v) is 20.8. The predicted octanol–water partition coefficient (Wildman–Crippen LogP) is 3.76. The summed E-state index contributed by atoms with van der Waals surface area (Å²) < 4.78 is 53.9. The lowest BCUT2D eigenvalue weighted by Gasteiger charge is -2.16. The van der Waals surface area contributed by atoms with E-state index >= 15 is 0 Å². The number of hydrogen-bond donors (Lipinski definition) is 2. The summed E-state index contributed by atoms with van der Waals surface area (Å²) in [6.45, 7) is 0.963. The minimum Gasteiger partial charge on any atom is -0.493 e. The van der Waals surface area contributed by atoms with Crippen molar-refractivity contribution in [3.05, 3.63) is 33.8 Å². The van der Waals surface area contributed by atoms with Crippen LogP contribution in [0.4, 0.5) is 13.2 Å². The molecule has 174 valence electrons. The number of aromatic nitrogens is 1. The van der Waals surface area contributed by atoms with Gasteiger partial charge in [-0.3, -0.25) is 4.99 Å². The summed E-state index contributed by atoms with van der Waals surface area (Å²) in [5.74, 6) is 2.26. The third-order valence-corrected chi connectivity index (χ3v) is 5.08. The number of guanidine groups is 1. The second-order valence-electron chi connectivity index (χ2n) is 6.04. The van der Waals surface area contributed by atoms with Gasteiger partial charge in [-0.25, -0.2) is 4.98 Å². The molecule has 0 amide bonds. The second kappa shape index (κ2) is 12.8. The standard InChI is InChI=1S/C19H25F3N4O3S.HI/c1-23-18(25-10-8-15-26-14(11-30-15)19(20,21)22)24-9-7-12-5-6-13(27-2)17(29-4)16(12)28-3;/h5-6,11H,7-10H2,1-4H3,(H2,23,24,25);1H. The van der Waals surface area contributed by atoms with Gasteiger partial charge in [0.05, 0.1) is 26.3 Å². The highest BCUT2D eigenvalue weighted by Gasteiger charge is 2.33. The molecule has 0 atom stereocenters. The van der Waals surface area contributed by atoms with Gasteiger partial charge in [0.25, 0.3) is 0 Å². The lowest BCUT2D eigenvalue weighted by molar-refractivity contribution is -0.140. The van der Waals surface area contributed by atoms with Crippen LogP contribution in [0.25, 0.3) is 0 Å². The second-order valence-corrected chi connectivity index (χ2v) is 6.99. The first-order valence-corrected chi connectivity index (χ1v) is 9.96. The average Bonchev–Trinajstić information content (AvgIpc) is 3.21. The summed E-state index contributed by atoms with van der Waals surface area (Å²) in [4.78, 5) is 7.73. The van der Waals surface area contributed by atoms with E-state index in [4.69, 9.17) is 14.2 Å². The van der Waals surface area contributed by atoms with Crippen molar-refractivity contribution in [2.24, 2.45) is 4.99 Å². The molecule has 0 saturated heterocycles. The Bertz CT molecular complexity index is 862. The maximum atomic E-state index is 12.6. The van der Waals surface area contributed by atoms with Crippen LogP contribution in [0.15, 0.2) is 22.5 Å². The Hall–Kier alpha value is -1.96. The Morgan fingerprint density at radius 3 is 2.19 bits per heavy atom. The molecular weight excluding hydrogens is 548 g/mol. The molecule has 0 bridgehead atoms. The minimum atomic E-state index is -4.41. The summed E-state index contributed by atoms with van der Waals surface area (Å²) in [5.41, 5.74) is 0.0782. The van der Waals surface area contributed by atoms with Crippen molar-refractivity contribution in [3.63, 3.8) is 0 Å². The first-order chi connectivity index (χ1) is 14.3. The van der Waals surface area contributed by atoms with E-state index in [1.54, 1.807) is 28.4 Å². The first kappa shape index (κ1) is 27.1. The van der Waals surface area contributed by atoms with Gasteiger partial charge in [-0.05, 0) is 12.5 Å². The zero-order chi connectivity index (χ0) is 22.1. The lowest BCUT2D eigenvalue weighted by Crippen LogP contribution is -2.39. The SMILES string of the molecule is CN=C(NCCc1nc(C(F)(F)F)cs1)NCCc1ccc(OC)c(OC)c1OC.I. The van der Waals surface area contributed by atoms with Crippen LogP contribution >= 0.6 is 35.3 Å². The van der Waals surface area contributed by atoms with Crippen LogP contribution in [0, 0.1) is 0 Å². The molecule has 0 aliphatic carbocycles. The highest BCUT2D eigenvalue weighted by Crippen LogP contribution is 2.39. The van der Waals surface area contributed by atoms with E-state index < -0.39 is 11.9 Å². The molecule has 1 aromatic heterocycles. The van der Waals surface area contributed by atoms with Gasteiger partial charge in [0.2, 0.25) is 5.75 Å². The Kier molecular flexibility index (Phi) is 11.2. The quantitative estimate of drug-likeness (QED) is 0.270. The summed E-state index contributed by atoms with van der Waals surface area (Å²) in [5, 5.41) is 7.68. The number of rotatable bonds is 9. The minimum absolute atomic E-state index is 0. The topological polar surface area (TPSA) is 77.0 Å². The molecule has 7 nitrogen and oxygen atoms in total. The first-order valence-electron chi connectivity index (χ1n) is 9.08. The fraction of sp³-hybridized carbons (Fsp3) is 0.474. The van der Waals surface area contributed by atoms with E-state index in [1.165, 1.54) is 0 Å². The normalized spacial score (nSPS) is 11.5. The van der Waals surface area contributed by atoms with E-state index in [2.05, 4.69) is 20.6 Å². The van der Waals surface area contributed by atoms with Crippen molar-refractivity contribution in [2.45, 2.75) is 19.0 Å². The van der Waals surface area contributed by atoms with E-state index in [0.29, 0.717) is 54.1 Å². The van der Waals surface area contributed by atoms with Crippen molar-refractivity contribution >= 4 is 41.3 Å². The summed E-state index contributed by atoms with van der Waals surface area (Å²) in [7, 11) is 6.30. The average molecular weight is 574 g/mol. The molecule has 2 aromatic rings. The highest BCUT2D eigenvalue weighted by molar-refractivity contribution is 14.0. The van der Waals surface area contributed by atoms with E-state index in [-0.39, 0.29) is 24.0 Å². The van der Waals surface area contributed by atoms with Gasteiger partial charge in [0.1, 0.15) is 0 Å². The largest absolute Gasteiger partial charge is 0.493 e. The molecule has 31 heavy (non-hydrogen) atoms. The van der Waals surface area contributed by atoms with E-state index in [0.717, 1.165) is 22.3 Å². The van der Waals surface area contributed by atoms with Crippen molar-refractivity contribution in [1.82, 2.24) is 15.6 Å². The zero-order valence-electron chi connectivity index (χ0n) is 17.6. The van der Waals surface area contributed by atoms with Gasteiger partial charge in [-0.1, -0.05) is 6.07 Å². The van der Waals surface area contributed by atoms with Crippen LogP contribution in [-0.4, -0.2) is 52.4 Å². The number of benzene rings is 1. The number of alkyl halides is 3. The monoisotopic (exact) mass is 574 g/mol. The van der Waals surface area contributed by atoms with Crippen molar-refractivity contribution in [2.75, 3.05) is 41.5 Å². The molecule has 0 aliphatic heterocycles. The number of hydrogen-bond acceptors (Lipinski definition) is 6. The molecule has 0 saturated carbocycles. The Balaban J connectivity index is 0.00000480. The molecule has 2 N–H and O–H groups in total. The molecule has 1 aromatic carbocycles. The highest BCUT2D eigenvalue weighted by atomic mass is 127. The maximum Gasteiger partial charge on any atom is 0.434 e. The predicted molar refractivity (Wildman–Crippen MR) is 125 cm³/mol. The van der Waals surface area contributed by atoms with Crippen molar-refractivity contribution in [1.29, 1.82) is 0 Å². The summed E-state index contributed by atoms with van der Waals surface area (Å²) in [6, 6.07) is 3.71. The van der Waals surface area contributed by atoms with Gasteiger partial charge in [-0.2, -0.15) is 13.2 Å². The number of halogens is 4. The molecular formula is C19H26F3IN4O3S. The molecule has 1 heterocycles. The van der Waals surface area contributed by atoms with Gasteiger partial charge >= 0.3 is 6.18 Å². The van der Waals surface area contributed by atoms with Crippen LogP contribution in [-0.2, 0) is 19.0 Å². The Morgan fingerprint density at radius 1 is 1.03 bits per heavy atom. The Morgan fingerprint density at radius 2 is 1.68 bits per heavy atom. The fourth-order valence-corrected chi connectivity index (χ4v) is 3.54. The van der Waals surface area contributed by atoms with E-state index in [1.807, 2.05) is 12.1 Å². The summed E-state index contributed by atoms with van der Waals surface area (Å²) in [6.07, 6.45) is -3.42. The van der Waals surface area contributed by atoms with Gasteiger partial charge in [-0.15, -0.1) is 35.3 Å². The third kappa shape index (κ3) is 7.59. The van der Waals surface area contributed by atoms with Crippen LogP contribution in [0.3, 0.4) is 0 Å². The molecule has 0 radical (unpaired) electrons. The smallest absolute Gasteiger partial charge is 0.434 e.